The largest absolute Gasteiger partial charge is 0.481 e. The number of hydrogen-bond acceptors (Lipinski definition) is 4. The average Bonchev–Trinajstić information content (AvgIpc) is 2.62. The van der Waals surface area contributed by atoms with E-state index in [0.717, 1.165) is 31.8 Å². The van der Waals surface area contributed by atoms with Gasteiger partial charge in [-0.25, -0.2) is 4.98 Å². The second-order valence-corrected chi connectivity index (χ2v) is 6.76. The van der Waals surface area contributed by atoms with Crippen molar-refractivity contribution in [2.24, 2.45) is 5.92 Å². The number of pyridine rings is 1. The standard InChI is InChI=1S/C18H27N3O2/c1-20-10-4-3-5-16(20)14-8-11-21(12-9-14)18(22)15-6-7-17(23-2)19-13-15/h6-7,13-14,16H,3-5,8-12H2,1-2H3. The maximum absolute atomic E-state index is 12.6. The first kappa shape index (κ1) is 16.2. The number of aromatic nitrogens is 1. The molecule has 0 saturated carbocycles. The molecule has 0 radical (unpaired) electrons. The van der Waals surface area contributed by atoms with Crippen molar-refractivity contribution in [2.75, 3.05) is 33.8 Å². The summed E-state index contributed by atoms with van der Waals surface area (Å²) in [6.07, 6.45) is 7.84. The molecule has 1 aromatic rings. The Morgan fingerprint density at radius 2 is 1.96 bits per heavy atom. The maximum Gasteiger partial charge on any atom is 0.255 e. The minimum Gasteiger partial charge on any atom is -0.481 e. The topological polar surface area (TPSA) is 45.7 Å². The number of hydrogen-bond donors (Lipinski definition) is 0. The minimum absolute atomic E-state index is 0.0931. The molecule has 2 saturated heterocycles. The molecule has 2 fully saturated rings. The number of piperidine rings is 2. The van der Waals surface area contributed by atoms with E-state index in [2.05, 4.69) is 16.9 Å². The number of ether oxygens (including phenoxy) is 1. The molecule has 2 aliphatic heterocycles. The molecule has 0 bridgehead atoms. The molecule has 1 unspecified atom stereocenters. The van der Waals surface area contributed by atoms with Crippen LogP contribution in [0.2, 0.25) is 0 Å². The van der Waals surface area contributed by atoms with Gasteiger partial charge in [0.1, 0.15) is 0 Å². The van der Waals surface area contributed by atoms with E-state index < -0.39 is 0 Å². The van der Waals surface area contributed by atoms with Crippen molar-refractivity contribution < 1.29 is 9.53 Å². The number of likely N-dealkylation sites (tertiary alicyclic amines) is 2. The molecule has 126 valence electrons. The lowest BCUT2D eigenvalue weighted by molar-refractivity contribution is 0.0554. The van der Waals surface area contributed by atoms with Crippen LogP contribution in [0.3, 0.4) is 0 Å². The maximum atomic E-state index is 12.6. The summed E-state index contributed by atoms with van der Waals surface area (Å²) < 4.78 is 5.05. The lowest BCUT2D eigenvalue weighted by Crippen LogP contribution is -2.47. The third kappa shape index (κ3) is 3.66. The molecular formula is C18H27N3O2. The van der Waals surface area contributed by atoms with Crippen LogP contribution in [-0.4, -0.2) is 60.5 Å². The van der Waals surface area contributed by atoms with Gasteiger partial charge in [-0.15, -0.1) is 0 Å². The number of rotatable bonds is 3. The summed E-state index contributed by atoms with van der Waals surface area (Å²) in [7, 11) is 3.83. The molecule has 1 amide bonds. The molecule has 0 aliphatic carbocycles. The Labute approximate surface area is 138 Å². The van der Waals surface area contributed by atoms with Gasteiger partial charge < -0.3 is 14.5 Å². The van der Waals surface area contributed by atoms with Crippen LogP contribution >= 0.6 is 0 Å². The van der Waals surface area contributed by atoms with Gasteiger partial charge in [-0.3, -0.25) is 4.79 Å². The molecular weight excluding hydrogens is 290 g/mol. The Morgan fingerprint density at radius 3 is 2.57 bits per heavy atom. The van der Waals surface area contributed by atoms with Crippen LogP contribution in [0.15, 0.2) is 18.3 Å². The van der Waals surface area contributed by atoms with Crippen molar-refractivity contribution in [1.82, 2.24) is 14.8 Å². The van der Waals surface area contributed by atoms with Crippen LogP contribution in [0.4, 0.5) is 0 Å². The molecule has 5 nitrogen and oxygen atoms in total. The predicted octanol–water partition coefficient (Wildman–Crippen LogP) is 2.43. The van der Waals surface area contributed by atoms with Crippen LogP contribution in [0.1, 0.15) is 42.5 Å². The van der Waals surface area contributed by atoms with E-state index in [1.165, 1.54) is 25.8 Å². The summed E-state index contributed by atoms with van der Waals surface area (Å²) in [5.74, 6) is 1.37. The van der Waals surface area contributed by atoms with Crippen molar-refractivity contribution in [3.05, 3.63) is 23.9 Å². The lowest BCUT2D eigenvalue weighted by Gasteiger charge is -2.42. The average molecular weight is 317 g/mol. The highest BCUT2D eigenvalue weighted by atomic mass is 16.5. The van der Waals surface area contributed by atoms with E-state index in [0.29, 0.717) is 17.5 Å². The molecule has 5 heteroatoms. The Morgan fingerprint density at radius 1 is 1.17 bits per heavy atom. The molecule has 3 rings (SSSR count). The predicted molar refractivity (Wildman–Crippen MR) is 89.7 cm³/mol. The third-order valence-electron chi connectivity index (χ3n) is 5.39. The van der Waals surface area contributed by atoms with Crippen LogP contribution in [0.25, 0.3) is 0 Å². The molecule has 0 spiro atoms. The highest BCUT2D eigenvalue weighted by molar-refractivity contribution is 5.94. The zero-order valence-electron chi connectivity index (χ0n) is 14.2. The van der Waals surface area contributed by atoms with Crippen LogP contribution in [0, 0.1) is 5.92 Å². The van der Waals surface area contributed by atoms with E-state index in [9.17, 15) is 4.79 Å². The first-order chi connectivity index (χ1) is 11.2. The molecule has 23 heavy (non-hydrogen) atoms. The second-order valence-electron chi connectivity index (χ2n) is 6.76. The SMILES string of the molecule is COc1ccc(C(=O)N2CCC(C3CCCCN3C)CC2)cn1. The van der Waals surface area contributed by atoms with Crippen LogP contribution in [-0.2, 0) is 0 Å². The highest BCUT2D eigenvalue weighted by Crippen LogP contribution is 2.30. The van der Waals surface area contributed by atoms with E-state index in [-0.39, 0.29) is 5.91 Å². The van der Waals surface area contributed by atoms with Crippen LogP contribution in [0.5, 0.6) is 5.88 Å². The van der Waals surface area contributed by atoms with Gasteiger partial charge in [0.15, 0.2) is 0 Å². The summed E-state index contributed by atoms with van der Waals surface area (Å²) >= 11 is 0. The van der Waals surface area contributed by atoms with E-state index in [4.69, 9.17) is 4.74 Å². The molecule has 1 aromatic heterocycles. The first-order valence-electron chi connectivity index (χ1n) is 8.68. The normalized spacial score (nSPS) is 23.7. The molecule has 3 heterocycles. The fourth-order valence-corrected chi connectivity index (χ4v) is 3.99. The number of methoxy groups -OCH3 is 1. The van der Waals surface area contributed by atoms with Gasteiger partial charge in [-0.05, 0) is 51.3 Å². The van der Waals surface area contributed by atoms with Gasteiger partial charge in [0.05, 0.1) is 12.7 Å². The van der Waals surface area contributed by atoms with Crippen LogP contribution < -0.4 is 4.74 Å². The Hall–Kier alpha value is -1.62. The molecule has 0 N–H and O–H groups in total. The number of carbonyl (C=O) groups excluding carboxylic acids is 1. The Balaban J connectivity index is 1.56. The van der Waals surface area contributed by atoms with Crippen molar-refractivity contribution in [2.45, 2.75) is 38.1 Å². The minimum atomic E-state index is 0.0931. The van der Waals surface area contributed by atoms with Gasteiger partial charge in [0, 0.05) is 31.4 Å². The molecule has 0 aromatic carbocycles. The summed E-state index contributed by atoms with van der Waals surface area (Å²) in [4.78, 5) is 21.2. The Bertz CT molecular complexity index is 524. The summed E-state index contributed by atoms with van der Waals surface area (Å²) in [5, 5.41) is 0. The summed E-state index contributed by atoms with van der Waals surface area (Å²) in [6, 6.07) is 4.26. The lowest BCUT2D eigenvalue weighted by atomic mass is 9.84. The van der Waals surface area contributed by atoms with Crippen molar-refractivity contribution in [1.29, 1.82) is 0 Å². The summed E-state index contributed by atoms with van der Waals surface area (Å²) in [5.41, 5.74) is 0.652. The molecule has 1 atom stereocenters. The number of nitrogens with zero attached hydrogens (tertiary/aromatic N) is 3. The second kappa shape index (κ2) is 7.30. The first-order valence-corrected chi connectivity index (χ1v) is 8.68. The van der Waals surface area contributed by atoms with Crippen molar-refractivity contribution in [3.8, 4) is 5.88 Å². The van der Waals surface area contributed by atoms with Gasteiger partial charge in [-0.1, -0.05) is 6.42 Å². The molecule has 2 aliphatic rings. The van der Waals surface area contributed by atoms with E-state index in [1.54, 1.807) is 25.4 Å². The third-order valence-corrected chi connectivity index (χ3v) is 5.39. The summed E-state index contributed by atoms with van der Waals surface area (Å²) in [6.45, 7) is 2.95. The highest BCUT2D eigenvalue weighted by Gasteiger charge is 2.32. The number of amides is 1. The fraction of sp³-hybridized carbons (Fsp3) is 0.667. The smallest absolute Gasteiger partial charge is 0.255 e. The Kier molecular flexibility index (Phi) is 5.16. The zero-order valence-corrected chi connectivity index (χ0v) is 14.2. The monoisotopic (exact) mass is 317 g/mol. The van der Waals surface area contributed by atoms with Crippen molar-refractivity contribution in [3.63, 3.8) is 0 Å². The fourth-order valence-electron chi connectivity index (χ4n) is 3.99. The number of carbonyl (C=O) groups is 1. The van der Waals surface area contributed by atoms with Gasteiger partial charge in [-0.2, -0.15) is 0 Å². The van der Waals surface area contributed by atoms with Gasteiger partial charge in [0.25, 0.3) is 5.91 Å². The van der Waals surface area contributed by atoms with E-state index in [1.807, 2.05) is 4.90 Å². The van der Waals surface area contributed by atoms with Gasteiger partial charge in [0.2, 0.25) is 5.88 Å². The van der Waals surface area contributed by atoms with Crippen molar-refractivity contribution >= 4 is 5.91 Å². The quantitative estimate of drug-likeness (QED) is 0.859. The zero-order chi connectivity index (χ0) is 16.2. The van der Waals surface area contributed by atoms with E-state index >= 15 is 0 Å². The van der Waals surface area contributed by atoms with Gasteiger partial charge >= 0.3 is 0 Å².